The summed E-state index contributed by atoms with van der Waals surface area (Å²) in [4.78, 5) is 24.4. The van der Waals surface area contributed by atoms with Gasteiger partial charge in [-0.25, -0.2) is 9.78 Å². The van der Waals surface area contributed by atoms with Gasteiger partial charge < -0.3 is 28.8 Å². The summed E-state index contributed by atoms with van der Waals surface area (Å²) in [5.41, 5.74) is 2.39. The molecular formula is C35H52O9. The Morgan fingerprint density at radius 3 is 2.45 bits per heavy atom. The second-order valence-electron chi connectivity index (χ2n) is 14.7. The molecule has 1 aliphatic carbocycles. The molecule has 1 N–H and O–H groups in total. The van der Waals surface area contributed by atoms with Crippen LogP contribution in [-0.2, 0) is 38.3 Å². The first kappa shape index (κ1) is 31.4. The molecule has 7 aliphatic rings. The fourth-order valence-electron chi connectivity index (χ4n) is 8.79. The van der Waals surface area contributed by atoms with Crippen LogP contribution in [0, 0.1) is 17.8 Å². The molecule has 0 aromatic carbocycles. The van der Waals surface area contributed by atoms with Gasteiger partial charge in [0.25, 0.3) is 0 Å². The first-order valence-electron chi connectivity index (χ1n) is 17.4. The van der Waals surface area contributed by atoms with Crippen molar-refractivity contribution >= 4 is 5.78 Å². The van der Waals surface area contributed by atoms with E-state index in [0.717, 1.165) is 77.2 Å². The predicted octanol–water partition coefficient (Wildman–Crippen LogP) is 4.78. The highest BCUT2D eigenvalue weighted by Crippen LogP contribution is 2.56. The number of aliphatic hydroxyl groups is 1. The molecule has 0 radical (unpaired) electrons. The molecule has 1 saturated carbocycles. The number of Topliss-reactive ketones (excluding diaryl/α,β-unsaturated/α-hetero) is 1. The molecule has 6 aliphatic heterocycles. The summed E-state index contributed by atoms with van der Waals surface area (Å²) < 4.78 is 30.7. The standard InChI is InChI=1S/C35H52O9/c1-19-4-5-24(39-18-19)8-10-28-20(2)14-25(40-28)6-7-27-17-30(44-43-27)31-32-33(37)34-29(42-35(31)32)11-9-26(41-34)16-23(36)15-22-12-13-38-21(22)3/h21-22,24-35,37H,1-2,4-18H2,3H3/t21-,22?,24+,25?,26?,27?,28-,29?,30+,31?,32?,33?,34?,35?/m0/s1. The van der Waals surface area contributed by atoms with E-state index in [-0.39, 0.29) is 72.6 Å². The van der Waals surface area contributed by atoms with Crippen LogP contribution in [0.2, 0.25) is 0 Å². The SMILES string of the molecule is C=C1CC[C@H](CC[C@@H]2OC(CCC3C[C@H](C4C5OC6CCC(CC(=O)CC7CCO[C@H]7C)OC6C(O)C54)OO3)CC2=C)OC1. The molecule has 7 fully saturated rings. The Morgan fingerprint density at radius 1 is 0.818 bits per heavy atom. The molecule has 14 atom stereocenters. The Labute approximate surface area is 261 Å². The van der Waals surface area contributed by atoms with Crippen LogP contribution < -0.4 is 0 Å². The zero-order valence-electron chi connectivity index (χ0n) is 26.3. The Balaban J connectivity index is 0.825. The first-order chi connectivity index (χ1) is 21.3. The van der Waals surface area contributed by atoms with Crippen molar-refractivity contribution in [1.82, 2.24) is 0 Å². The number of hydrogen-bond donors (Lipinski definition) is 1. The molecule has 0 spiro atoms. The van der Waals surface area contributed by atoms with Crippen LogP contribution in [0.4, 0.5) is 0 Å². The molecule has 9 nitrogen and oxygen atoms in total. The third-order valence-corrected chi connectivity index (χ3v) is 11.5. The van der Waals surface area contributed by atoms with Crippen LogP contribution in [0.3, 0.4) is 0 Å². The maximum atomic E-state index is 12.8. The molecular weight excluding hydrogens is 564 g/mol. The zero-order chi connectivity index (χ0) is 30.4. The van der Waals surface area contributed by atoms with Crippen LogP contribution >= 0.6 is 0 Å². The fourth-order valence-corrected chi connectivity index (χ4v) is 8.79. The van der Waals surface area contributed by atoms with Crippen LogP contribution in [0.1, 0.15) is 90.4 Å². The van der Waals surface area contributed by atoms with Crippen molar-refractivity contribution < 1.29 is 43.4 Å². The van der Waals surface area contributed by atoms with Gasteiger partial charge in [-0.15, -0.1) is 0 Å². The lowest BCUT2D eigenvalue weighted by molar-refractivity contribution is -0.302. The minimum atomic E-state index is -0.611. The van der Waals surface area contributed by atoms with Crippen molar-refractivity contribution in [3.63, 3.8) is 0 Å². The van der Waals surface area contributed by atoms with Gasteiger partial charge in [-0.2, -0.15) is 0 Å². The second-order valence-corrected chi connectivity index (χ2v) is 14.7. The van der Waals surface area contributed by atoms with E-state index >= 15 is 0 Å². The average Bonchev–Trinajstić information content (AvgIpc) is 3.28. The Bertz CT molecular complexity index is 1050. The maximum absolute atomic E-state index is 12.8. The van der Waals surface area contributed by atoms with Gasteiger partial charge in [-0.1, -0.05) is 18.7 Å². The van der Waals surface area contributed by atoms with E-state index in [2.05, 4.69) is 20.1 Å². The van der Waals surface area contributed by atoms with Gasteiger partial charge in [0.15, 0.2) is 0 Å². The second kappa shape index (κ2) is 13.5. The van der Waals surface area contributed by atoms with Crippen molar-refractivity contribution in [3.05, 3.63) is 24.3 Å². The van der Waals surface area contributed by atoms with E-state index in [1.165, 1.54) is 11.1 Å². The van der Waals surface area contributed by atoms with Gasteiger partial charge in [0.1, 0.15) is 18.0 Å². The van der Waals surface area contributed by atoms with Crippen LogP contribution in [0.5, 0.6) is 0 Å². The van der Waals surface area contributed by atoms with Crippen molar-refractivity contribution in [3.8, 4) is 0 Å². The number of carbonyl (C=O) groups is 1. The molecule has 9 heteroatoms. The van der Waals surface area contributed by atoms with Crippen molar-refractivity contribution in [1.29, 1.82) is 0 Å². The third kappa shape index (κ3) is 6.91. The van der Waals surface area contributed by atoms with Crippen molar-refractivity contribution in [2.24, 2.45) is 17.8 Å². The number of rotatable bonds is 11. The lowest BCUT2D eigenvalue weighted by atomic mass is 9.89. The van der Waals surface area contributed by atoms with E-state index in [0.29, 0.717) is 31.5 Å². The molecule has 6 heterocycles. The Hall–Kier alpha value is -1.17. The summed E-state index contributed by atoms with van der Waals surface area (Å²) in [7, 11) is 0. The minimum absolute atomic E-state index is 0.0111. The lowest BCUT2D eigenvalue weighted by Gasteiger charge is -2.41. The maximum Gasteiger partial charge on any atom is 0.135 e. The number of ketones is 1. The summed E-state index contributed by atoms with van der Waals surface area (Å²) in [6.45, 7) is 11.8. The molecule has 10 unspecified atom stereocenters. The molecule has 0 aromatic rings. The van der Waals surface area contributed by atoms with E-state index in [9.17, 15) is 9.90 Å². The number of ether oxygens (including phenoxy) is 5. The van der Waals surface area contributed by atoms with Gasteiger partial charge in [0.05, 0.1) is 61.5 Å². The van der Waals surface area contributed by atoms with E-state index in [1.54, 1.807) is 0 Å². The lowest BCUT2D eigenvalue weighted by Crippen LogP contribution is -2.52. The van der Waals surface area contributed by atoms with Gasteiger partial charge in [-0.3, -0.25) is 4.79 Å². The summed E-state index contributed by atoms with van der Waals surface area (Å²) >= 11 is 0. The van der Waals surface area contributed by atoms with E-state index < -0.39 is 6.10 Å². The Kier molecular flexibility index (Phi) is 9.65. The van der Waals surface area contributed by atoms with Crippen molar-refractivity contribution in [2.75, 3.05) is 13.2 Å². The van der Waals surface area contributed by atoms with Gasteiger partial charge in [0.2, 0.25) is 0 Å². The van der Waals surface area contributed by atoms with Gasteiger partial charge >= 0.3 is 0 Å². The molecule has 6 saturated heterocycles. The van der Waals surface area contributed by atoms with Crippen molar-refractivity contribution in [2.45, 2.75) is 158 Å². The summed E-state index contributed by atoms with van der Waals surface area (Å²) in [6.07, 6.45) is 10.4. The summed E-state index contributed by atoms with van der Waals surface area (Å²) in [5.74, 6) is 0.640. The molecule has 0 aromatic heterocycles. The first-order valence-corrected chi connectivity index (χ1v) is 17.4. The largest absolute Gasteiger partial charge is 0.390 e. The molecule has 0 bridgehead atoms. The number of carbonyl (C=O) groups excluding carboxylic acids is 1. The number of fused-ring (bicyclic) bond motifs is 2. The predicted molar refractivity (Wildman–Crippen MR) is 161 cm³/mol. The zero-order valence-corrected chi connectivity index (χ0v) is 26.3. The fraction of sp³-hybridized carbons (Fsp3) is 0.857. The average molecular weight is 617 g/mol. The van der Waals surface area contributed by atoms with Crippen LogP contribution in [-0.4, -0.2) is 91.2 Å². The molecule has 44 heavy (non-hydrogen) atoms. The Morgan fingerprint density at radius 2 is 1.66 bits per heavy atom. The van der Waals surface area contributed by atoms with E-state index in [1.807, 2.05) is 0 Å². The normalized spacial score (nSPS) is 47.0. The highest BCUT2D eigenvalue weighted by molar-refractivity contribution is 5.79. The minimum Gasteiger partial charge on any atom is -0.390 e. The molecule has 246 valence electrons. The topological polar surface area (TPSA) is 102 Å². The van der Waals surface area contributed by atoms with Gasteiger partial charge in [-0.05, 0) is 82.6 Å². The highest BCUT2D eigenvalue weighted by atomic mass is 17.2. The quantitative estimate of drug-likeness (QED) is 0.260. The highest BCUT2D eigenvalue weighted by Gasteiger charge is 2.67. The van der Waals surface area contributed by atoms with E-state index in [4.69, 9.17) is 33.5 Å². The summed E-state index contributed by atoms with van der Waals surface area (Å²) in [5, 5.41) is 11.3. The number of aliphatic hydroxyl groups excluding tert-OH is 1. The van der Waals surface area contributed by atoms with Crippen LogP contribution in [0.25, 0.3) is 0 Å². The number of hydrogen-bond acceptors (Lipinski definition) is 9. The third-order valence-electron chi connectivity index (χ3n) is 11.5. The van der Waals surface area contributed by atoms with Crippen LogP contribution in [0.15, 0.2) is 24.3 Å². The molecule has 0 amide bonds. The monoisotopic (exact) mass is 616 g/mol. The molecule has 7 rings (SSSR count). The van der Waals surface area contributed by atoms with Gasteiger partial charge in [0, 0.05) is 37.7 Å². The summed E-state index contributed by atoms with van der Waals surface area (Å²) in [6, 6.07) is 0. The smallest absolute Gasteiger partial charge is 0.135 e.